The van der Waals surface area contributed by atoms with E-state index >= 15 is 0 Å². The quantitative estimate of drug-likeness (QED) is 0.901. The van der Waals surface area contributed by atoms with E-state index in [0.717, 1.165) is 5.69 Å². The number of phenols is 1. The molecule has 0 atom stereocenters. The zero-order chi connectivity index (χ0) is 13.7. The van der Waals surface area contributed by atoms with Crippen molar-refractivity contribution in [3.8, 4) is 5.75 Å². The minimum Gasteiger partial charge on any atom is -0.506 e. The lowest BCUT2D eigenvalue weighted by Gasteiger charge is -2.06. The Morgan fingerprint density at radius 2 is 2.16 bits per heavy atom. The number of nitrogens with one attached hydrogen (secondary N) is 1. The van der Waals surface area contributed by atoms with E-state index < -0.39 is 0 Å². The SMILES string of the molecule is O=C(NCCc1ccccn1)c1ccc(O)c(Cl)c1. The van der Waals surface area contributed by atoms with E-state index in [9.17, 15) is 9.90 Å². The molecule has 0 unspecified atom stereocenters. The number of benzene rings is 1. The van der Waals surface area contributed by atoms with Crippen molar-refractivity contribution in [3.05, 3.63) is 58.9 Å². The van der Waals surface area contributed by atoms with Crippen LogP contribution in [0, 0.1) is 0 Å². The fourth-order valence-corrected chi connectivity index (χ4v) is 1.78. The van der Waals surface area contributed by atoms with E-state index in [2.05, 4.69) is 10.3 Å². The molecule has 0 aliphatic carbocycles. The molecular formula is C14H13ClN2O2. The van der Waals surface area contributed by atoms with Crippen LogP contribution in [0.3, 0.4) is 0 Å². The summed E-state index contributed by atoms with van der Waals surface area (Å²) in [5, 5.41) is 12.2. The Morgan fingerprint density at radius 3 is 2.84 bits per heavy atom. The van der Waals surface area contributed by atoms with Crippen molar-refractivity contribution in [1.29, 1.82) is 0 Å². The topological polar surface area (TPSA) is 62.2 Å². The molecule has 0 fully saturated rings. The van der Waals surface area contributed by atoms with Crippen LogP contribution in [0.5, 0.6) is 5.75 Å². The largest absolute Gasteiger partial charge is 0.506 e. The predicted octanol–water partition coefficient (Wildman–Crippen LogP) is 2.41. The molecule has 2 rings (SSSR count). The van der Waals surface area contributed by atoms with Crippen LogP contribution in [0.1, 0.15) is 16.1 Å². The number of nitrogens with zero attached hydrogens (tertiary/aromatic N) is 1. The van der Waals surface area contributed by atoms with E-state index in [1.54, 1.807) is 6.20 Å². The molecule has 5 heteroatoms. The minimum atomic E-state index is -0.224. The maximum atomic E-state index is 11.8. The second kappa shape index (κ2) is 6.20. The fraction of sp³-hybridized carbons (Fsp3) is 0.143. The van der Waals surface area contributed by atoms with Crippen molar-refractivity contribution in [1.82, 2.24) is 10.3 Å². The van der Waals surface area contributed by atoms with Gasteiger partial charge in [0.25, 0.3) is 5.91 Å². The Morgan fingerprint density at radius 1 is 1.32 bits per heavy atom. The first-order chi connectivity index (χ1) is 9.16. The summed E-state index contributed by atoms with van der Waals surface area (Å²) < 4.78 is 0. The molecule has 2 N–H and O–H groups in total. The van der Waals surface area contributed by atoms with Crippen LogP contribution in [0.25, 0.3) is 0 Å². The second-order valence-corrected chi connectivity index (χ2v) is 4.40. The highest BCUT2D eigenvalue weighted by molar-refractivity contribution is 6.32. The van der Waals surface area contributed by atoms with Crippen molar-refractivity contribution >= 4 is 17.5 Å². The Balaban J connectivity index is 1.89. The molecule has 98 valence electrons. The van der Waals surface area contributed by atoms with Gasteiger partial charge in [-0.1, -0.05) is 17.7 Å². The van der Waals surface area contributed by atoms with Crippen LogP contribution in [-0.4, -0.2) is 22.5 Å². The van der Waals surface area contributed by atoms with E-state index in [1.165, 1.54) is 18.2 Å². The first-order valence-corrected chi connectivity index (χ1v) is 6.21. The Labute approximate surface area is 116 Å². The number of amides is 1. The third kappa shape index (κ3) is 3.69. The van der Waals surface area contributed by atoms with Gasteiger partial charge in [0.1, 0.15) is 5.75 Å². The van der Waals surface area contributed by atoms with Crippen LogP contribution in [0.15, 0.2) is 42.6 Å². The average molecular weight is 277 g/mol. The summed E-state index contributed by atoms with van der Waals surface area (Å²) in [7, 11) is 0. The fourth-order valence-electron chi connectivity index (χ4n) is 1.60. The lowest BCUT2D eigenvalue weighted by atomic mass is 10.2. The second-order valence-electron chi connectivity index (χ2n) is 3.99. The number of carbonyl (C=O) groups is 1. The number of halogens is 1. The van der Waals surface area contributed by atoms with Gasteiger partial charge in [-0.25, -0.2) is 0 Å². The number of hydrogen-bond acceptors (Lipinski definition) is 3. The number of pyridine rings is 1. The summed E-state index contributed by atoms with van der Waals surface area (Å²) in [4.78, 5) is 16.0. The van der Waals surface area contributed by atoms with Crippen LogP contribution in [0.2, 0.25) is 5.02 Å². The molecular weight excluding hydrogens is 264 g/mol. The average Bonchev–Trinajstić information content (AvgIpc) is 2.43. The molecule has 4 nitrogen and oxygen atoms in total. The lowest BCUT2D eigenvalue weighted by Crippen LogP contribution is -2.25. The van der Waals surface area contributed by atoms with Gasteiger partial charge in [0.05, 0.1) is 5.02 Å². The smallest absolute Gasteiger partial charge is 0.251 e. The van der Waals surface area contributed by atoms with E-state index in [1.807, 2.05) is 18.2 Å². The van der Waals surface area contributed by atoms with Gasteiger partial charge in [-0.2, -0.15) is 0 Å². The maximum Gasteiger partial charge on any atom is 0.251 e. The van der Waals surface area contributed by atoms with Crippen LogP contribution in [-0.2, 0) is 6.42 Å². The Bertz CT molecular complexity index is 573. The molecule has 0 radical (unpaired) electrons. The van der Waals surface area contributed by atoms with Crippen molar-refractivity contribution in [2.24, 2.45) is 0 Å². The van der Waals surface area contributed by atoms with Crippen LogP contribution in [0.4, 0.5) is 0 Å². The molecule has 0 saturated heterocycles. The molecule has 0 bridgehead atoms. The number of aromatic hydroxyl groups is 1. The molecule has 2 aromatic rings. The van der Waals surface area contributed by atoms with Gasteiger partial charge in [-0.3, -0.25) is 9.78 Å². The molecule has 1 aromatic heterocycles. The normalized spacial score (nSPS) is 10.2. The number of rotatable bonds is 4. The number of carbonyl (C=O) groups excluding carboxylic acids is 1. The van der Waals surface area contributed by atoms with Crippen molar-refractivity contribution in [2.75, 3.05) is 6.54 Å². The van der Waals surface area contributed by atoms with Crippen molar-refractivity contribution in [2.45, 2.75) is 6.42 Å². The van der Waals surface area contributed by atoms with Gasteiger partial charge in [0, 0.05) is 30.4 Å². The third-order valence-corrected chi connectivity index (χ3v) is 2.91. The van der Waals surface area contributed by atoms with Crippen LogP contribution >= 0.6 is 11.6 Å². The number of phenolic OH excluding ortho intramolecular Hbond substituents is 1. The van der Waals surface area contributed by atoms with E-state index in [4.69, 9.17) is 11.6 Å². The molecule has 0 saturated carbocycles. The Hall–Kier alpha value is -2.07. The highest BCUT2D eigenvalue weighted by atomic mass is 35.5. The molecule has 19 heavy (non-hydrogen) atoms. The number of hydrogen-bond donors (Lipinski definition) is 2. The molecule has 1 amide bonds. The number of aromatic nitrogens is 1. The summed E-state index contributed by atoms with van der Waals surface area (Å²) in [5.41, 5.74) is 1.34. The highest BCUT2D eigenvalue weighted by Gasteiger charge is 2.07. The van der Waals surface area contributed by atoms with E-state index in [0.29, 0.717) is 18.5 Å². The molecule has 0 spiro atoms. The third-order valence-electron chi connectivity index (χ3n) is 2.60. The summed E-state index contributed by atoms with van der Waals surface area (Å²) in [6.45, 7) is 0.494. The van der Waals surface area contributed by atoms with Gasteiger partial charge < -0.3 is 10.4 Å². The van der Waals surface area contributed by atoms with Gasteiger partial charge in [0.15, 0.2) is 0 Å². The molecule has 0 aliphatic rings. The minimum absolute atomic E-state index is 0.0355. The first-order valence-electron chi connectivity index (χ1n) is 5.83. The molecule has 1 heterocycles. The Kier molecular flexibility index (Phi) is 4.36. The zero-order valence-electron chi connectivity index (χ0n) is 10.1. The molecule has 0 aliphatic heterocycles. The van der Waals surface area contributed by atoms with Gasteiger partial charge >= 0.3 is 0 Å². The highest BCUT2D eigenvalue weighted by Crippen LogP contribution is 2.23. The van der Waals surface area contributed by atoms with Gasteiger partial charge in [-0.15, -0.1) is 0 Å². The zero-order valence-corrected chi connectivity index (χ0v) is 10.9. The lowest BCUT2D eigenvalue weighted by molar-refractivity contribution is 0.0954. The maximum absolute atomic E-state index is 11.8. The van der Waals surface area contributed by atoms with Gasteiger partial charge in [-0.05, 0) is 30.3 Å². The monoisotopic (exact) mass is 276 g/mol. The predicted molar refractivity (Wildman–Crippen MR) is 73.4 cm³/mol. The summed E-state index contributed by atoms with van der Waals surface area (Å²) in [6, 6.07) is 10.0. The van der Waals surface area contributed by atoms with Crippen molar-refractivity contribution < 1.29 is 9.90 Å². The van der Waals surface area contributed by atoms with Crippen LogP contribution < -0.4 is 5.32 Å². The summed E-state index contributed by atoms with van der Waals surface area (Å²) in [5.74, 6) is -0.260. The summed E-state index contributed by atoms with van der Waals surface area (Å²) in [6.07, 6.45) is 2.38. The van der Waals surface area contributed by atoms with Gasteiger partial charge in [0.2, 0.25) is 0 Å². The van der Waals surface area contributed by atoms with Crippen molar-refractivity contribution in [3.63, 3.8) is 0 Å². The summed E-state index contributed by atoms with van der Waals surface area (Å²) >= 11 is 5.75. The molecule has 1 aromatic carbocycles. The van der Waals surface area contributed by atoms with E-state index in [-0.39, 0.29) is 16.7 Å². The standard InChI is InChI=1S/C14H13ClN2O2/c15-12-9-10(4-5-13(12)18)14(19)17-8-6-11-3-1-2-7-16-11/h1-5,7,9,18H,6,8H2,(H,17,19). The first kappa shape index (κ1) is 13.4.